The average Bonchev–Trinajstić information content (AvgIpc) is 3.07. The molecule has 57 heavy (non-hydrogen) atoms. The minimum absolute atomic E-state index is 0.118. The molecule has 3 aromatic heterocycles. The van der Waals surface area contributed by atoms with E-state index >= 15 is 0 Å². The summed E-state index contributed by atoms with van der Waals surface area (Å²) in [6.45, 7) is 20.1. The first-order valence-electron chi connectivity index (χ1n) is 18.0. The molecule has 0 saturated carbocycles. The Morgan fingerprint density at radius 1 is 0.667 bits per heavy atom. The van der Waals surface area contributed by atoms with Gasteiger partial charge in [0.05, 0.1) is 78.8 Å². The monoisotopic (exact) mass is 819 g/mol. The van der Waals surface area contributed by atoms with Gasteiger partial charge in [-0.1, -0.05) is 0 Å². The van der Waals surface area contributed by atoms with Crippen molar-refractivity contribution >= 4 is 45.5 Å². The van der Waals surface area contributed by atoms with Gasteiger partial charge in [0.15, 0.2) is 0 Å². The highest BCUT2D eigenvalue weighted by Crippen LogP contribution is 2.15. The van der Waals surface area contributed by atoms with Crippen LogP contribution in [0.3, 0.4) is 0 Å². The smallest absolute Gasteiger partial charge is 0.412 e. The number of nitrogens with zero attached hydrogens (tertiary/aromatic N) is 4. The normalized spacial score (nSPS) is 13.4. The molecule has 0 radical (unpaired) electrons. The molecule has 4 heterocycles. The molecule has 0 spiro atoms. The van der Waals surface area contributed by atoms with Gasteiger partial charge in [0.25, 0.3) is 10.1 Å². The maximum absolute atomic E-state index is 11.6. The zero-order valence-electron chi connectivity index (χ0n) is 34.4. The Morgan fingerprint density at radius 2 is 1.04 bits per heavy atom. The molecule has 316 valence electrons. The van der Waals surface area contributed by atoms with Crippen molar-refractivity contribution in [3.63, 3.8) is 0 Å². The van der Waals surface area contributed by atoms with Crippen LogP contribution in [-0.2, 0) is 53.0 Å². The number of rotatable bonds is 9. The summed E-state index contributed by atoms with van der Waals surface area (Å²) in [5.41, 5.74) is 1.97. The van der Waals surface area contributed by atoms with E-state index in [0.29, 0.717) is 28.5 Å². The topological polar surface area (TPSA) is 230 Å². The summed E-state index contributed by atoms with van der Waals surface area (Å²) >= 11 is 0. The second kappa shape index (κ2) is 22.1. The van der Waals surface area contributed by atoms with E-state index in [1.54, 1.807) is 72.0 Å². The highest BCUT2D eigenvalue weighted by Gasteiger charge is 2.18. The number of pyridine rings is 3. The van der Waals surface area contributed by atoms with Crippen molar-refractivity contribution in [2.75, 3.05) is 48.5 Å². The minimum atomic E-state index is -3.50. The Bertz CT molecular complexity index is 1800. The molecule has 3 amide bonds. The third-order valence-electron chi connectivity index (χ3n) is 6.48. The zero-order valence-corrected chi connectivity index (χ0v) is 35.2. The number of amides is 3. The predicted molar refractivity (Wildman–Crippen MR) is 214 cm³/mol. The standard InChI is InChI=1S/C15H23N3O3.C12H18N2O5S.C11H16N2O3/c1-15(2,3)21-14(19)17-12-4-5-13(16-10-12)11-18-6-8-20-9-7-18;1-12(2,3)19-11(15)14-9-5-6-10(13-7-9)8-18-20(4,16)17;1-11(2,3)16-10(15)13-8-4-5-9(7-14)12-6-8/h4-5,10H,6-9,11H2,1-3H3,(H,17,19);5-7H,8H2,1-4H3,(H,14,15);4-6,14H,7H2,1-3H3,(H,13,15). The Hall–Kier alpha value is -4.95. The van der Waals surface area contributed by atoms with Crippen LogP contribution in [0.2, 0.25) is 0 Å². The first-order chi connectivity index (χ1) is 26.4. The molecule has 0 unspecified atom stereocenters. The second-order valence-corrected chi connectivity index (χ2v) is 17.2. The summed E-state index contributed by atoms with van der Waals surface area (Å²) in [4.78, 5) is 49.1. The number of morpholine rings is 1. The lowest BCUT2D eigenvalue weighted by Crippen LogP contribution is -2.35. The van der Waals surface area contributed by atoms with Gasteiger partial charge in [-0.3, -0.25) is 40.0 Å². The van der Waals surface area contributed by atoms with Gasteiger partial charge in [0.1, 0.15) is 23.4 Å². The fourth-order valence-electron chi connectivity index (χ4n) is 4.19. The lowest BCUT2D eigenvalue weighted by molar-refractivity contribution is 0.0336. The van der Waals surface area contributed by atoms with Crippen molar-refractivity contribution in [1.82, 2.24) is 19.9 Å². The maximum atomic E-state index is 11.6. The van der Waals surface area contributed by atoms with Crippen molar-refractivity contribution in [2.24, 2.45) is 0 Å². The molecule has 19 heteroatoms. The van der Waals surface area contributed by atoms with Gasteiger partial charge in [-0.2, -0.15) is 8.42 Å². The van der Waals surface area contributed by atoms with E-state index in [-0.39, 0.29) is 13.2 Å². The predicted octanol–water partition coefficient (Wildman–Crippen LogP) is 6.09. The third-order valence-corrected chi connectivity index (χ3v) is 7.03. The SMILES string of the molecule is CC(C)(C)OC(=O)Nc1ccc(CN2CCOCC2)nc1.CC(C)(C)OC(=O)Nc1ccc(CO)nc1.CC(C)(C)OC(=O)Nc1ccc(COS(C)(=O)=O)nc1. The summed E-state index contributed by atoms with van der Waals surface area (Å²) in [7, 11) is -3.50. The number of ether oxygens (including phenoxy) is 4. The fraction of sp³-hybridized carbons (Fsp3) is 0.526. The summed E-state index contributed by atoms with van der Waals surface area (Å²) in [6, 6.07) is 10.2. The van der Waals surface area contributed by atoms with Crippen LogP contribution in [0.15, 0.2) is 55.0 Å². The van der Waals surface area contributed by atoms with Gasteiger partial charge in [-0.15, -0.1) is 0 Å². The van der Waals surface area contributed by atoms with E-state index in [4.69, 9.17) is 24.1 Å². The number of carbonyl (C=O) groups excluding carboxylic acids is 3. The first kappa shape index (κ1) is 48.2. The molecule has 0 aromatic carbocycles. The van der Waals surface area contributed by atoms with Gasteiger partial charge in [0.2, 0.25) is 0 Å². The molecule has 1 aliphatic rings. The van der Waals surface area contributed by atoms with Gasteiger partial charge in [-0.25, -0.2) is 14.4 Å². The van der Waals surface area contributed by atoms with E-state index in [1.165, 1.54) is 12.4 Å². The van der Waals surface area contributed by atoms with Crippen LogP contribution >= 0.6 is 0 Å². The van der Waals surface area contributed by atoms with Crippen molar-refractivity contribution in [2.45, 2.75) is 98.9 Å². The van der Waals surface area contributed by atoms with Crippen LogP contribution in [0.1, 0.15) is 79.4 Å². The Morgan fingerprint density at radius 3 is 1.35 bits per heavy atom. The summed E-state index contributed by atoms with van der Waals surface area (Å²) in [6.07, 6.45) is 3.90. The van der Waals surface area contributed by atoms with E-state index in [9.17, 15) is 22.8 Å². The van der Waals surface area contributed by atoms with E-state index in [0.717, 1.165) is 44.8 Å². The highest BCUT2D eigenvalue weighted by atomic mass is 32.2. The van der Waals surface area contributed by atoms with E-state index in [2.05, 4.69) is 40.0 Å². The molecule has 1 fully saturated rings. The summed E-state index contributed by atoms with van der Waals surface area (Å²) in [5.74, 6) is 0. The molecule has 1 aliphatic heterocycles. The number of hydrogen-bond acceptors (Lipinski definition) is 15. The van der Waals surface area contributed by atoms with Crippen LogP contribution in [0.4, 0.5) is 31.4 Å². The van der Waals surface area contributed by atoms with Crippen LogP contribution in [-0.4, -0.2) is 101 Å². The molecule has 3 aromatic rings. The van der Waals surface area contributed by atoms with E-state index < -0.39 is 45.2 Å². The number of aliphatic hydroxyl groups excluding tert-OH is 1. The zero-order chi connectivity index (χ0) is 42.9. The van der Waals surface area contributed by atoms with Crippen LogP contribution in [0.25, 0.3) is 0 Å². The van der Waals surface area contributed by atoms with Crippen LogP contribution in [0, 0.1) is 0 Å². The quantitative estimate of drug-likeness (QED) is 0.141. The van der Waals surface area contributed by atoms with Gasteiger partial charge >= 0.3 is 18.3 Å². The molecule has 18 nitrogen and oxygen atoms in total. The molecule has 0 bridgehead atoms. The van der Waals surface area contributed by atoms with Gasteiger partial charge in [-0.05, 0) is 98.7 Å². The first-order valence-corrected chi connectivity index (χ1v) is 19.8. The Balaban J connectivity index is 0.000000298. The number of carbonyl (C=O) groups is 3. The third kappa shape index (κ3) is 23.7. The largest absolute Gasteiger partial charge is 0.444 e. The molecular formula is C38H57N7O11S. The van der Waals surface area contributed by atoms with Crippen molar-refractivity contribution in [1.29, 1.82) is 0 Å². The minimum Gasteiger partial charge on any atom is -0.444 e. The average molecular weight is 820 g/mol. The second-order valence-electron chi connectivity index (χ2n) is 15.5. The molecule has 4 rings (SSSR count). The number of aliphatic hydroxyl groups is 1. The maximum Gasteiger partial charge on any atom is 0.412 e. The number of nitrogens with one attached hydrogen (secondary N) is 3. The Kier molecular flexibility index (Phi) is 18.7. The summed E-state index contributed by atoms with van der Waals surface area (Å²) in [5, 5.41) is 16.5. The molecule has 4 N–H and O–H groups in total. The lowest BCUT2D eigenvalue weighted by Gasteiger charge is -2.26. The van der Waals surface area contributed by atoms with Gasteiger partial charge < -0.3 is 24.1 Å². The number of aromatic nitrogens is 3. The van der Waals surface area contributed by atoms with Gasteiger partial charge in [0, 0.05) is 19.6 Å². The van der Waals surface area contributed by atoms with Crippen molar-refractivity contribution in [3.05, 3.63) is 72.1 Å². The number of hydrogen-bond donors (Lipinski definition) is 4. The van der Waals surface area contributed by atoms with Crippen molar-refractivity contribution in [3.8, 4) is 0 Å². The van der Waals surface area contributed by atoms with Crippen LogP contribution < -0.4 is 16.0 Å². The highest BCUT2D eigenvalue weighted by molar-refractivity contribution is 7.85. The molecule has 0 aliphatic carbocycles. The number of anilines is 3. The molecule has 1 saturated heterocycles. The lowest BCUT2D eigenvalue weighted by atomic mass is 10.2. The fourth-order valence-corrected chi connectivity index (χ4v) is 4.52. The summed E-state index contributed by atoms with van der Waals surface area (Å²) < 4.78 is 46.9. The van der Waals surface area contributed by atoms with Crippen molar-refractivity contribution < 1.29 is 51.0 Å². The van der Waals surface area contributed by atoms with Crippen LogP contribution in [0.5, 0.6) is 0 Å². The Labute approximate surface area is 335 Å². The molecular weight excluding hydrogens is 763 g/mol. The molecule has 0 atom stereocenters. The van der Waals surface area contributed by atoms with E-state index in [1.807, 2.05) is 32.9 Å².